The molecule has 1 aliphatic rings. The van der Waals surface area contributed by atoms with Gasteiger partial charge in [-0.25, -0.2) is 4.79 Å². The van der Waals surface area contributed by atoms with Crippen LogP contribution in [0.25, 0.3) is 0 Å². The molecule has 3 heteroatoms. The van der Waals surface area contributed by atoms with E-state index in [1.807, 2.05) is 12.1 Å². The van der Waals surface area contributed by atoms with Crippen molar-refractivity contribution in [3.05, 3.63) is 35.4 Å². The van der Waals surface area contributed by atoms with Gasteiger partial charge in [0.2, 0.25) is 0 Å². The lowest BCUT2D eigenvalue weighted by molar-refractivity contribution is 0.0697. The van der Waals surface area contributed by atoms with Gasteiger partial charge >= 0.3 is 5.97 Å². The Morgan fingerprint density at radius 3 is 2.50 bits per heavy atom. The summed E-state index contributed by atoms with van der Waals surface area (Å²) in [6.45, 7) is 5.45. The maximum atomic E-state index is 10.8. The molecule has 0 aromatic heterocycles. The number of carboxylic acid groups (broad SMARTS) is 1. The Morgan fingerprint density at radius 2 is 1.90 bits per heavy atom. The van der Waals surface area contributed by atoms with E-state index >= 15 is 0 Å². The van der Waals surface area contributed by atoms with Gasteiger partial charge in [0.15, 0.2) is 0 Å². The quantitative estimate of drug-likeness (QED) is 0.861. The highest BCUT2D eigenvalue weighted by molar-refractivity contribution is 5.87. The Morgan fingerprint density at radius 1 is 1.25 bits per heavy atom. The molecule has 0 heterocycles. The van der Waals surface area contributed by atoms with Crippen LogP contribution in [0.1, 0.15) is 55.5 Å². The highest BCUT2D eigenvalue weighted by Crippen LogP contribution is 2.30. The van der Waals surface area contributed by atoms with Crippen LogP contribution in [0.5, 0.6) is 0 Å². The summed E-state index contributed by atoms with van der Waals surface area (Å²) in [4.78, 5) is 10.8. The summed E-state index contributed by atoms with van der Waals surface area (Å²) < 4.78 is 0. The lowest BCUT2D eigenvalue weighted by Gasteiger charge is -2.35. The van der Waals surface area contributed by atoms with Crippen molar-refractivity contribution in [2.45, 2.75) is 52.1 Å². The summed E-state index contributed by atoms with van der Waals surface area (Å²) in [6, 6.07) is 7.77. The second-order valence-electron chi connectivity index (χ2n) is 6.18. The molecule has 2 unspecified atom stereocenters. The van der Waals surface area contributed by atoms with Gasteiger partial charge in [0.1, 0.15) is 0 Å². The van der Waals surface area contributed by atoms with Crippen LogP contribution in [0, 0.1) is 11.8 Å². The van der Waals surface area contributed by atoms with Gasteiger partial charge in [0.25, 0.3) is 0 Å². The second kappa shape index (κ2) is 6.89. The summed E-state index contributed by atoms with van der Waals surface area (Å²) in [5.41, 5.74) is 1.51. The summed E-state index contributed by atoms with van der Waals surface area (Å²) in [7, 11) is 0. The van der Waals surface area contributed by atoms with E-state index < -0.39 is 5.97 Å². The van der Waals surface area contributed by atoms with E-state index in [2.05, 4.69) is 19.2 Å². The SMILES string of the molecule is CC(C)C1CCCCC1NCc1ccc(C(=O)O)cc1. The van der Waals surface area contributed by atoms with E-state index in [1.165, 1.54) is 25.7 Å². The van der Waals surface area contributed by atoms with Gasteiger partial charge in [-0.3, -0.25) is 0 Å². The fourth-order valence-electron chi connectivity index (χ4n) is 3.23. The minimum Gasteiger partial charge on any atom is -0.478 e. The third-order valence-electron chi connectivity index (χ3n) is 4.44. The van der Waals surface area contributed by atoms with E-state index in [1.54, 1.807) is 12.1 Å². The van der Waals surface area contributed by atoms with Gasteiger partial charge in [-0.1, -0.05) is 38.8 Å². The van der Waals surface area contributed by atoms with E-state index in [9.17, 15) is 4.79 Å². The van der Waals surface area contributed by atoms with Crippen molar-refractivity contribution in [3.63, 3.8) is 0 Å². The number of rotatable bonds is 5. The zero-order valence-corrected chi connectivity index (χ0v) is 12.4. The summed E-state index contributed by atoms with van der Waals surface area (Å²) >= 11 is 0. The molecular formula is C17H25NO2. The summed E-state index contributed by atoms with van der Waals surface area (Å²) in [5, 5.41) is 12.6. The minimum atomic E-state index is -0.864. The molecule has 2 atom stereocenters. The van der Waals surface area contributed by atoms with E-state index in [0.29, 0.717) is 11.6 Å². The van der Waals surface area contributed by atoms with Crippen LogP contribution in [0.4, 0.5) is 0 Å². The molecule has 0 saturated heterocycles. The largest absolute Gasteiger partial charge is 0.478 e. The molecule has 2 N–H and O–H groups in total. The van der Waals surface area contributed by atoms with Crippen molar-refractivity contribution in [1.82, 2.24) is 5.32 Å². The fourth-order valence-corrected chi connectivity index (χ4v) is 3.23. The molecule has 0 aliphatic heterocycles. The van der Waals surface area contributed by atoms with Crippen molar-refractivity contribution < 1.29 is 9.90 Å². The first-order valence-corrected chi connectivity index (χ1v) is 7.63. The molecular weight excluding hydrogens is 250 g/mol. The molecule has 1 fully saturated rings. The first-order chi connectivity index (χ1) is 9.58. The standard InChI is InChI=1S/C17H25NO2/c1-12(2)15-5-3-4-6-16(15)18-11-13-7-9-14(10-8-13)17(19)20/h7-10,12,15-16,18H,3-6,11H2,1-2H3,(H,19,20). The second-order valence-corrected chi connectivity index (χ2v) is 6.18. The maximum absolute atomic E-state index is 10.8. The van der Waals surface area contributed by atoms with Crippen molar-refractivity contribution in [3.8, 4) is 0 Å². The van der Waals surface area contributed by atoms with Crippen molar-refractivity contribution >= 4 is 5.97 Å². The predicted molar refractivity (Wildman–Crippen MR) is 80.8 cm³/mol. The van der Waals surface area contributed by atoms with Crippen molar-refractivity contribution in [2.24, 2.45) is 11.8 Å². The number of hydrogen-bond donors (Lipinski definition) is 2. The molecule has 0 bridgehead atoms. The minimum absolute atomic E-state index is 0.353. The third-order valence-corrected chi connectivity index (χ3v) is 4.44. The van der Waals surface area contributed by atoms with Crippen molar-refractivity contribution in [1.29, 1.82) is 0 Å². The monoisotopic (exact) mass is 275 g/mol. The number of carbonyl (C=O) groups is 1. The molecule has 0 radical (unpaired) electrons. The Labute approximate surface area is 121 Å². The average Bonchev–Trinajstić information content (AvgIpc) is 2.45. The molecule has 1 aromatic rings. The van der Waals surface area contributed by atoms with Gasteiger partial charge in [-0.2, -0.15) is 0 Å². The predicted octanol–water partition coefficient (Wildman–Crippen LogP) is 3.69. The molecule has 20 heavy (non-hydrogen) atoms. The number of hydrogen-bond acceptors (Lipinski definition) is 2. The lowest BCUT2D eigenvalue weighted by atomic mass is 9.78. The molecule has 110 valence electrons. The Bertz CT molecular complexity index is 439. The Balaban J connectivity index is 1.91. The van der Waals surface area contributed by atoms with Gasteiger partial charge < -0.3 is 10.4 Å². The van der Waals surface area contributed by atoms with Crippen molar-refractivity contribution in [2.75, 3.05) is 0 Å². The van der Waals surface area contributed by atoms with Crippen LogP contribution < -0.4 is 5.32 Å². The maximum Gasteiger partial charge on any atom is 0.335 e. The van der Waals surface area contributed by atoms with Crippen LogP contribution in [0.3, 0.4) is 0 Å². The summed E-state index contributed by atoms with van der Waals surface area (Å²) in [5.74, 6) is 0.626. The number of aromatic carboxylic acids is 1. The first kappa shape index (κ1) is 15.0. The highest BCUT2D eigenvalue weighted by atomic mass is 16.4. The van der Waals surface area contributed by atoms with E-state index in [4.69, 9.17) is 5.11 Å². The Kier molecular flexibility index (Phi) is 5.18. The van der Waals surface area contributed by atoms with Gasteiger partial charge in [0, 0.05) is 12.6 Å². The normalized spacial score (nSPS) is 22.9. The number of carboxylic acids is 1. The third kappa shape index (κ3) is 3.83. The van der Waals surface area contributed by atoms with Gasteiger partial charge in [-0.15, -0.1) is 0 Å². The Hall–Kier alpha value is -1.35. The lowest BCUT2D eigenvalue weighted by Crippen LogP contribution is -2.40. The van der Waals surface area contributed by atoms with Crippen LogP contribution in [-0.4, -0.2) is 17.1 Å². The highest BCUT2D eigenvalue weighted by Gasteiger charge is 2.26. The molecule has 0 spiro atoms. The van der Waals surface area contributed by atoms with E-state index in [-0.39, 0.29) is 0 Å². The summed E-state index contributed by atoms with van der Waals surface area (Å²) in [6.07, 6.45) is 5.26. The number of benzene rings is 1. The molecule has 2 rings (SSSR count). The average molecular weight is 275 g/mol. The molecule has 1 aliphatic carbocycles. The van der Waals surface area contributed by atoms with Gasteiger partial charge in [-0.05, 0) is 42.4 Å². The van der Waals surface area contributed by atoms with Crippen LogP contribution in [0.15, 0.2) is 24.3 Å². The van der Waals surface area contributed by atoms with Gasteiger partial charge in [0.05, 0.1) is 5.56 Å². The molecule has 1 saturated carbocycles. The molecule has 1 aromatic carbocycles. The van der Waals surface area contributed by atoms with E-state index in [0.717, 1.165) is 23.9 Å². The fraction of sp³-hybridized carbons (Fsp3) is 0.588. The smallest absolute Gasteiger partial charge is 0.335 e. The number of nitrogens with one attached hydrogen (secondary N) is 1. The zero-order valence-electron chi connectivity index (χ0n) is 12.4. The zero-order chi connectivity index (χ0) is 14.5. The van der Waals surface area contributed by atoms with Crippen LogP contribution >= 0.6 is 0 Å². The molecule has 3 nitrogen and oxygen atoms in total. The first-order valence-electron chi connectivity index (χ1n) is 7.63. The van der Waals surface area contributed by atoms with Crippen LogP contribution in [0.2, 0.25) is 0 Å². The topological polar surface area (TPSA) is 49.3 Å². The molecule has 0 amide bonds. The van der Waals surface area contributed by atoms with Crippen LogP contribution in [-0.2, 0) is 6.54 Å².